The third-order valence-corrected chi connectivity index (χ3v) is 3.47. The van der Waals surface area contributed by atoms with E-state index in [0.29, 0.717) is 10.7 Å². The van der Waals surface area contributed by atoms with Crippen LogP contribution in [0, 0.1) is 6.92 Å². The van der Waals surface area contributed by atoms with Gasteiger partial charge in [-0.15, -0.1) is 10.2 Å². The van der Waals surface area contributed by atoms with E-state index in [1.807, 2.05) is 6.92 Å². The maximum absolute atomic E-state index is 11.4. The maximum Gasteiger partial charge on any atom is 0.358 e. The number of hydrogen-bond acceptors (Lipinski definition) is 5. The molecule has 0 aliphatic carbocycles. The zero-order chi connectivity index (χ0) is 16.6. The van der Waals surface area contributed by atoms with Crippen molar-refractivity contribution in [3.63, 3.8) is 0 Å². The van der Waals surface area contributed by atoms with Crippen LogP contribution in [0.25, 0.3) is 5.65 Å². The summed E-state index contributed by atoms with van der Waals surface area (Å²) in [5.41, 5.74) is 1.16. The summed E-state index contributed by atoms with van der Waals surface area (Å²) in [5.74, 6) is -1.39. The molecule has 0 unspecified atom stereocenters. The smallest absolute Gasteiger partial charge is 0.358 e. The molecule has 0 atom stereocenters. The molecule has 0 radical (unpaired) electrons. The monoisotopic (exact) mass is 330 g/mol. The lowest BCUT2D eigenvalue weighted by Crippen LogP contribution is -1.96. The quantitative estimate of drug-likeness (QED) is 0.705. The normalized spacial score (nSPS) is 11.4. The van der Waals surface area contributed by atoms with Crippen molar-refractivity contribution in [3.8, 4) is 5.75 Å². The fourth-order valence-corrected chi connectivity index (χ4v) is 2.24. The number of imidazole rings is 1. The van der Waals surface area contributed by atoms with Gasteiger partial charge in [-0.1, -0.05) is 17.7 Å². The molecular formula is C15H11ClN4O3. The second kappa shape index (κ2) is 5.69. The molecule has 2 N–H and O–H groups in total. The summed E-state index contributed by atoms with van der Waals surface area (Å²) in [6.45, 7) is 1.84. The first-order valence-corrected chi connectivity index (χ1v) is 6.96. The fraction of sp³-hybridized carbons (Fsp3) is 0.0667. The van der Waals surface area contributed by atoms with Crippen LogP contribution >= 0.6 is 11.6 Å². The number of azo groups is 1. The van der Waals surface area contributed by atoms with E-state index in [9.17, 15) is 15.0 Å². The van der Waals surface area contributed by atoms with Crippen LogP contribution in [0.4, 0.5) is 11.5 Å². The Morgan fingerprint density at radius 3 is 2.83 bits per heavy atom. The van der Waals surface area contributed by atoms with E-state index in [1.54, 1.807) is 30.5 Å². The molecule has 2 aromatic heterocycles. The molecule has 7 nitrogen and oxygen atoms in total. The van der Waals surface area contributed by atoms with Gasteiger partial charge >= 0.3 is 5.97 Å². The fourth-order valence-electron chi connectivity index (χ4n) is 2.07. The van der Waals surface area contributed by atoms with Gasteiger partial charge in [-0.3, -0.25) is 4.40 Å². The van der Waals surface area contributed by atoms with Crippen molar-refractivity contribution in [1.29, 1.82) is 0 Å². The van der Waals surface area contributed by atoms with Crippen molar-refractivity contribution in [2.24, 2.45) is 10.2 Å². The van der Waals surface area contributed by atoms with Crippen molar-refractivity contribution in [3.05, 3.63) is 52.8 Å². The number of aromatic carboxylic acids is 1. The predicted octanol–water partition coefficient (Wildman–Crippen LogP) is 4.12. The van der Waals surface area contributed by atoms with Gasteiger partial charge < -0.3 is 10.2 Å². The first-order chi connectivity index (χ1) is 11.0. The van der Waals surface area contributed by atoms with Crippen molar-refractivity contribution >= 4 is 34.7 Å². The number of rotatable bonds is 3. The number of nitrogens with zero attached hydrogens (tertiary/aromatic N) is 4. The van der Waals surface area contributed by atoms with Gasteiger partial charge in [0.2, 0.25) is 0 Å². The second-order valence-corrected chi connectivity index (χ2v) is 5.24. The standard InChI is InChI=1S/C15H11ClN4O3/c1-8-4-5-9(16)7-10(8)18-19-14-12(15(22)23)17-13-11(21)3-2-6-20(13)14/h2-7,21H,1H3,(H,22,23). The van der Waals surface area contributed by atoms with Crippen molar-refractivity contribution in [2.75, 3.05) is 0 Å². The van der Waals surface area contributed by atoms with E-state index in [0.717, 1.165) is 5.56 Å². The van der Waals surface area contributed by atoms with E-state index in [2.05, 4.69) is 15.2 Å². The third kappa shape index (κ3) is 2.74. The summed E-state index contributed by atoms with van der Waals surface area (Å²) in [6, 6.07) is 8.11. The van der Waals surface area contributed by atoms with Crippen LogP contribution in [0.2, 0.25) is 5.02 Å². The molecule has 0 aliphatic rings. The zero-order valence-electron chi connectivity index (χ0n) is 11.9. The first kappa shape index (κ1) is 15.0. The Hall–Kier alpha value is -2.93. The van der Waals surface area contributed by atoms with E-state index in [-0.39, 0.29) is 22.9 Å². The molecule has 3 rings (SSSR count). The van der Waals surface area contributed by atoms with Crippen molar-refractivity contribution in [2.45, 2.75) is 6.92 Å². The van der Waals surface area contributed by atoms with Gasteiger partial charge in [0.25, 0.3) is 0 Å². The SMILES string of the molecule is Cc1ccc(Cl)cc1N=Nc1c(C(=O)O)nc2c(O)cccn12. The Labute approximate surface area is 135 Å². The van der Waals surface area contributed by atoms with E-state index in [4.69, 9.17) is 11.6 Å². The Morgan fingerprint density at radius 2 is 2.09 bits per heavy atom. The number of carboxylic acid groups (broad SMARTS) is 1. The van der Waals surface area contributed by atoms with Crippen LogP contribution in [0.1, 0.15) is 16.1 Å². The minimum absolute atomic E-state index is 0.0165. The second-order valence-electron chi connectivity index (χ2n) is 4.81. The summed E-state index contributed by atoms with van der Waals surface area (Å²) in [6.07, 6.45) is 1.55. The number of hydrogen-bond donors (Lipinski definition) is 2. The van der Waals surface area contributed by atoms with Crippen LogP contribution in [-0.2, 0) is 0 Å². The predicted molar refractivity (Wildman–Crippen MR) is 84.2 cm³/mol. The van der Waals surface area contributed by atoms with Gasteiger partial charge in [0.15, 0.2) is 22.9 Å². The molecule has 0 amide bonds. The van der Waals surface area contributed by atoms with E-state index >= 15 is 0 Å². The summed E-state index contributed by atoms with van der Waals surface area (Å²) in [5, 5.41) is 27.6. The van der Waals surface area contributed by atoms with Crippen molar-refractivity contribution in [1.82, 2.24) is 9.38 Å². The largest absolute Gasteiger partial charge is 0.504 e. The minimum Gasteiger partial charge on any atom is -0.504 e. The zero-order valence-corrected chi connectivity index (χ0v) is 12.7. The highest BCUT2D eigenvalue weighted by molar-refractivity contribution is 6.30. The number of aromatic nitrogens is 2. The average Bonchev–Trinajstić information content (AvgIpc) is 2.89. The lowest BCUT2D eigenvalue weighted by Gasteiger charge is -2.00. The molecule has 23 heavy (non-hydrogen) atoms. The molecule has 0 spiro atoms. The minimum atomic E-state index is -1.26. The molecule has 0 aliphatic heterocycles. The molecule has 116 valence electrons. The number of benzene rings is 1. The Bertz CT molecular complexity index is 949. The van der Waals surface area contributed by atoms with E-state index < -0.39 is 5.97 Å². The highest BCUT2D eigenvalue weighted by Gasteiger charge is 2.20. The van der Waals surface area contributed by atoms with Crippen LogP contribution in [0.15, 0.2) is 46.8 Å². The van der Waals surface area contributed by atoms with E-state index in [1.165, 1.54) is 10.5 Å². The highest BCUT2D eigenvalue weighted by Crippen LogP contribution is 2.29. The van der Waals surface area contributed by atoms with Gasteiger partial charge in [-0.25, -0.2) is 9.78 Å². The molecule has 3 aromatic rings. The average molecular weight is 331 g/mol. The van der Waals surface area contributed by atoms with Crippen LogP contribution in [0.5, 0.6) is 5.75 Å². The lowest BCUT2D eigenvalue weighted by molar-refractivity contribution is 0.0692. The third-order valence-electron chi connectivity index (χ3n) is 3.23. The highest BCUT2D eigenvalue weighted by atomic mass is 35.5. The molecule has 1 aromatic carbocycles. The number of halogens is 1. The van der Waals surface area contributed by atoms with Crippen LogP contribution in [-0.4, -0.2) is 25.6 Å². The molecule has 0 saturated carbocycles. The van der Waals surface area contributed by atoms with Gasteiger partial charge in [-0.2, -0.15) is 0 Å². The number of pyridine rings is 1. The number of carboxylic acids is 1. The number of aromatic hydroxyl groups is 1. The van der Waals surface area contributed by atoms with Crippen LogP contribution in [0.3, 0.4) is 0 Å². The van der Waals surface area contributed by atoms with Crippen molar-refractivity contribution < 1.29 is 15.0 Å². The maximum atomic E-state index is 11.4. The first-order valence-electron chi connectivity index (χ1n) is 6.58. The Balaban J connectivity index is 2.17. The van der Waals surface area contributed by atoms with Gasteiger partial charge in [0, 0.05) is 11.2 Å². The molecule has 8 heteroatoms. The number of carbonyl (C=O) groups is 1. The summed E-state index contributed by atoms with van der Waals surface area (Å²) in [7, 11) is 0. The number of aryl methyl sites for hydroxylation is 1. The summed E-state index contributed by atoms with van der Waals surface area (Å²) >= 11 is 5.93. The van der Waals surface area contributed by atoms with Crippen LogP contribution < -0.4 is 0 Å². The lowest BCUT2D eigenvalue weighted by atomic mass is 10.2. The van der Waals surface area contributed by atoms with Gasteiger partial charge in [0.05, 0.1) is 5.69 Å². The molecular weight excluding hydrogens is 320 g/mol. The molecule has 0 bridgehead atoms. The van der Waals surface area contributed by atoms with Gasteiger partial charge in [-0.05, 0) is 36.8 Å². The number of fused-ring (bicyclic) bond motifs is 1. The Morgan fingerprint density at radius 1 is 1.30 bits per heavy atom. The Kier molecular flexibility index (Phi) is 3.71. The summed E-state index contributed by atoms with van der Waals surface area (Å²) < 4.78 is 1.36. The molecule has 2 heterocycles. The topological polar surface area (TPSA) is 99.5 Å². The molecule has 0 saturated heterocycles. The molecule has 0 fully saturated rings. The summed E-state index contributed by atoms with van der Waals surface area (Å²) in [4.78, 5) is 15.3. The van der Waals surface area contributed by atoms with Gasteiger partial charge in [0.1, 0.15) is 0 Å².